The van der Waals surface area contributed by atoms with Gasteiger partial charge in [-0.15, -0.1) is 0 Å². The Balaban J connectivity index is 0.000000269. The van der Waals surface area contributed by atoms with Crippen LogP contribution in [0.3, 0.4) is 0 Å². The molecule has 0 aliphatic carbocycles. The largest absolute Gasteiger partial charge is 0.351 e. The zero-order chi connectivity index (χ0) is 18.1. The van der Waals surface area contributed by atoms with Crippen molar-refractivity contribution in [3.63, 3.8) is 0 Å². The van der Waals surface area contributed by atoms with Gasteiger partial charge in [-0.2, -0.15) is 0 Å². The molecule has 0 aliphatic heterocycles. The van der Waals surface area contributed by atoms with Crippen molar-refractivity contribution in [1.29, 1.82) is 0 Å². The van der Waals surface area contributed by atoms with Gasteiger partial charge in [-0.05, 0) is 42.8 Å². The lowest BCUT2D eigenvalue weighted by Crippen LogP contribution is -2.23. The van der Waals surface area contributed by atoms with E-state index < -0.39 is 0 Å². The SMILES string of the molecule is CCNC(=O)c1ccc(-c2cccc(F)c2)cn1.Fc1ccccc1. The first-order valence-electron chi connectivity index (χ1n) is 7.81. The maximum Gasteiger partial charge on any atom is 0.269 e. The van der Waals surface area contributed by atoms with Gasteiger partial charge in [0.15, 0.2) is 0 Å². The van der Waals surface area contributed by atoms with Gasteiger partial charge in [-0.1, -0.05) is 36.4 Å². The second kappa shape index (κ2) is 9.27. The molecule has 0 bridgehead atoms. The van der Waals surface area contributed by atoms with Crippen molar-refractivity contribution in [2.24, 2.45) is 0 Å². The topological polar surface area (TPSA) is 42.0 Å². The van der Waals surface area contributed by atoms with E-state index in [4.69, 9.17) is 0 Å². The van der Waals surface area contributed by atoms with Crippen LogP contribution in [0.1, 0.15) is 17.4 Å². The van der Waals surface area contributed by atoms with E-state index in [2.05, 4.69) is 10.3 Å². The Kier molecular flexibility index (Phi) is 6.77. The van der Waals surface area contributed by atoms with E-state index >= 15 is 0 Å². The highest BCUT2D eigenvalue weighted by atomic mass is 19.1. The first-order chi connectivity index (χ1) is 12.1. The maximum atomic E-state index is 13.1. The van der Waals surface area contributed by atoms with Gasteiger partial charge in [-0.3, -0.25) is 9.78 Å². The van der Waals surface area contributed by atoms with E-state index in [0.717, 1.165) is 11.1 Å². The minimum absolute atomic E-state index is 0.178. The Labute approximate surface area is 145 Å². The standard InChI is InChI=1S/C14H13FN2O.C6H5F/c1-2-16-14(18)13-7-6-11(9-17-13)10-4-3-5-12(15)8-10;7-6-4-2-1-3-5-6/h3-9H,2H2,1H3,(H,16,18);1-5H. The van der Waals surface area contributed by atoms with E-state index in [1.165, 1.54) is 24.3 Å². The summed E-state index contributed by atoms with van der Waals surface area (Å²) in [5, 5.41) is 2.67. The van der Waals surface area contributed by atoms with Crippen molar-refractivity contribution in [2.45, 2.75) is 6.92 Å². The number of nitrogens with one attached hydrogen (secondary N) is 1. The van der Waals surface area contributed by atoms with E-state index in [-0.39, 0.29) is 17.5 Å². The Hall–Kier alpha value is -3.08. The molecule has 2 aromatic carbocycles. The number of benzene rings is 2. The molecule has 1 heterocycles. The molecule has 0 saturated heterocycles. The molecule has 0 saturated carbocycles. The molecule has 1 N–H and O–H groups in total. The number of nitrogens with zero attached hydrogens (tertiary/aromatic N) is 1. The van der Waals surface area contributed by atoms with Crippen LogP contribution < -0.4 is 5.32 Å². The average molecular weight is 340 g/mol. The van der Waals surface area contributed by atoms with Crippen molar-refractivity contribution in [3.8, 4) is 11.1 Å². The number of carbonyl (C=O) groups is 1. The van der Waals surface area contributed by atoms with Crippen LogP contribution >= 0.6 is 0 Å². The Morgan fingerprint density at radius 2 is 1.64 bits per heavy atom. The van der Waals surface area contributed by atoms with Crippen molar-refractivity contribution in [2.75, 3.05) is 6.54 Å². The minimum atomic E-state index is -0.291. The number of halogens is 2. The fourth-order valence-electron chi connectivity index (χ4n) is 2.03. The van der Waals surface area contributed by atoms with E-state index in [0.29, 0.717) is 12.2 Å². The van der Waals surface area contributed by atoms with Gasteiger partial charge in [0, 0.05) is 18.3 Å². The van der Waals surface area contributed by atoms with Crippen LogP contribution in [0.2, 0.25) is 0 Å². The normalized spacial score (nSPS) is 9.72. The quantitative estimate of drug-likeness (QED) is 0.765. The zero-order valence-electron chi connectivity index (χ0n) is 13.7. The molecule has 0 radical (unpaired) electrons. The number of hydrogen-bond donors (Lipinski definition) is 1. The maximum absolute atomic E-state index is 13.1. The van der Waals surface area contributed by atoms with E-state index in [1.807, 2.05) is 6.92 Å². The Bertz CT molecular complexity index is 805. The molecule has 25 heavy (non-hydrogen) atoms. The summed E-state index contributed by atoms with van der Waals surface area (Å²) in [6, 6.07) is 17.6. The monoisotopic (exact) mass is 340 g/mol. The summed E-state index contributed by atoms with van der Waals surface area (Å²) in [5.41, 5.74) is 1.88. The summed E-state index contributed by atoms with van der Waals surface area (Å²) in [4.78, 5) is 15.6. The van der Waals surface area contributed by atoms with E-state index in [1.54, 1.807) is 48.7 Å². The molecule has 3 aromatic rings. The van der Waals surface area contributed by atoms with Crippen LogP contribution in [0.15, 0.2) is 72.9 Å². The predicted molar refractivity (Wildman–Crippen MR) is 94.0 cm³/mol. The fourth-order valence-corrected chi connectivity index (χ4v) is 2.03. The lowest BCUT2D eigenvalue weighted by molar-refractivity contribution is 0.0951. The molecule has 1 amide bonds. The molecule has 128 valence electrons. The minimum Gasteiger partial charge on any atom is -0.351 e. The third kappa shape index (κ3) is 5.80. The smallest absolute Gasteiger partial charge is 0.269 e. The highest BCUT2D eigenvalue weighted by molar-refractivity contribution is 5.92. The van der Waals surface area contributed by atoms with Crippen LogP contribution in [0.25, 0.3) is 11.1 Å². The average Bonchev–Trinajstić information content (AvgIpc) is 2.63. The summed E-state index contributed by atoms with van der Waals surface area (Å²) in [7, 11) is 0. The fraction of sp³-hybridized carbons (Fsp3) is 0.100. The third-order valence-electron chi connectivity index (χ3n) is 3.22. The summed E-state index contributed by atoms with van der Waals surface area (Å²) >= 11 is 0. The molecule has 0 unspecified atom stereocenters. The highest BCUT2D eigenvalue weighted by Crippen LogP contribution is 2.19. The summed E-state index contributed by atoms with van der Waals surface area (Å²) in [5.74, 6) is -0.675. The highest BCUT2D eigenvalue weighted by Gasteiger charge is 2.06. The van der Waals surface area contributed by atoms with Gasteiger partial charge >= 0.3 is 0 Å². The van der Waals surface area contributed by atoms with Crippen LogP contribution in [0, 0.1) is 11.6 Å². The number of carbonyl (C=O) groups excluding carboxylic acids is 1. The number of aromatic nitrogens is 1. The second-order valence-electron chi connectivity index (χ2n) is 5.10. The number of amides is 1. The first-order valence-corrected chi connectivity index (χ1v) is 7.81. The van der Waals surface area contributed by atoms with Gasteiger partial charge < -0.3 is 5.32 Å². The van der Waals surface area contributed by atoms with Gasteiger partial charge in [0.2, 0.25) is 0 Å². The number of rotatable bonds is 3. The van der Waals surface area contributed by atoms with Crippen LogP contribution in [0.5, 0.6) is 0 Å². The van der Waals surface area contributed by atoms with Crippen molar-refractivity contribution in [3.05, 3.63) is 90.3 Å². The summed E-state index contributed by atoms with van der Waals surface area (Å²) in [6.45, 7) is 2.41. The van der Waals surface area contributed by atoms with Crippen LogP contribution in [-0.4, -0.2) is 17.4 Å². The predicted octanol–water partition coefficient (Wildman–Crippen LogP) is 4.46. The molecule has 3 nitrogen and oxygen atoms in total. The molecule has 1 aromatic heterocycles. The second-order valence-corrected chi connectivity index (χ2v) is 5.10. The summed E-state index contributed by atoms with van der Waals surface area (Å²) < 4.78 is 25.0. The summed E-state index contributed by atoms with van der Waals surface area (Å²) in [6.07, 6.45) is 1.57. The first kappa shape index (κ1) is 18.3. The molecular weight excluding hydrogens is 322 g/mol. The van der Waals surface area contributed by atoms with Gasteiger partial charge in [0.1, 0.15) is 17.3 Å². The number of pyridine rings is 1. The van der Waals surface area contributed by atoms with Gasteiger partial charge in [0.25, 0.3) is 5.91 Å². The van der Waals surface area contributed by atoms with E-state index in [9.17, 15) is 13.6 Å². The van der Waals surface area contributed by atoms with Crippen LogP contribution in [-0.2, 0) is 0 Å². The van der Waals surface area contributed by atoms with Gasteiger partial charge in [-0.25, -0.2) is 8.78 Å². The number of hydrogen-bond acceptors (Lipinski definition) is 2. The molecule has 5 heteroatoms. The molecule has 0 aliphatic rings. The lowest BCUT2D eigenvalue weighted by Gasteiger charge is -2.04. The van der Waals surface area contributed by atoms with Crippen LogP contribution in [0.4, 0.5) is 8.78 Å². The van der Waals surface area contributed by atoms with Crippen molar-refractivity contribution in [1.82, 2.24) is 10.3 Å². The Morgan fingerprint density at radius 3 is 2.16 bits per heavy atom. The molecule has 0 fully saturated rings. The molecular formula is C20H18F2N2O. The molecule has 3 rings (SSSR count). The lowest BCUT2D eigenvalue weighted by atomic mass is 10.1. The molecule has 0 atom stereocenters. The van der Waals surface area contributed by atoms with Crippen molar-refractivity contribution >= 4 is 5.91 Å². The van der Waals surface area contributed by atoms with Crippen molar-refractivity contribution < 1.29 is 13.6 Å². The van der Waals surface area contributed by atoms with Gasteiger partial charge in [0.05, 0.1) is 0 Å². The third-order valence-corrected chi connectivity index (χ3v) is 3.22. The Morgan fingerprint density at radius 1 is 0.920 bits per heavy atom. The molecule has 0 spiro atoms. The zero-order valence-corrected chi connectivity index (χ0v) is 13.7.